The lowest BCUT2D eigenvalue weighted by Gasteiger charge is -2.15. The maximum atomic E-state index is 12.5. The van der Waals surface area contributed by atoms with E-state index in [9.17, 15) is 13.2 Å². The van der Waals surface area contributed by atoms with Crippen LogP contribution in [0.25, 0.3) is 6.08 Å². The summed E-state index contributed by atoms with van der Waals surface area (Å²) in [6.45, 7) is 0.518. The molecule has 1 N–H and O–H groups in total. The minimum absolute atomic E-state index is 0.0351. The number of hydrogen-bond acceptors (Lipinski definition) is 6. The van der Waals surface area contributed by atoms with Gasteiger partial charge in [0, 0.05) is 26.7 Å². The summed E-state index contributed by atoms with van der Waals surface area (Å²) in [5.41, 5.74) is 1.43. The fraction of sp³-hybridized carbons (Fsp3) is 0.250. The highest BCUT2D eigenvalue weighted by Crippen LogP contribution is 2.32. The zero-order valence-electron chi connectivity index (χ0n) is 16.3. The number of benzene rings is 2. The van der Waals surface area contributed by atoms with Gasteiger partial charge in [-0.25, -0.2) is 12.7 Å². The third-order valence-corrected chi connectivity index (χ3v) is 6.11. The largest absolute Gasteiger partial charge is 0.495 e. The molecule has 0 bridgehead atoms. The number of nitrogens with zero attached hydrogens (tertiary/aromatic N) is 1. The fourth-order valence-corrected chi connectivity index (χ4v) is 3.75. The molecule has 0 spiro atoms. The zero-order chi connectivity index (χ0) is 21.0. The monoisotopic (exact) mass is 418 g/mol. The summed E-state index contributed by atoms with van der Waals surface area (Å²) in [6, 6.07) is 10.2. The number of sulfonamides is 1. The van der Waals surface area contributed by atoms with E-state index in [0.717, 1.165) is 9.87 Å². The number of ether oxygens (including phenoxy) is 3. The van der Waals surface area contributed by atoms with Crippen molar-refractivity contribution in [2.45, 2.75) is 11.4 Å². The number of amides is 1. The van der Waals surface area contributed by atoms with Crippen LogP contribution in [0.1, 0.15) is 11.1 Å². The second-order valence-electron chi connectivity index (χ2n) is 6.44. The molecule has 0 saturated carbocycles. The molecule has 0 atom stereocenters. The molecule has 0 saturated heterocycles. The van der Waals surface area contributed by atoms with Crippen LogP contribution in [0.15, 0.2) is 47.4 Å². The smallest absolute Gasteiger partial charge is 0.246 e. The van der Waals surface area contributed by atoms with Gasteiger partial charge in [-0.1, -0.05) is 12.1 Å². The first-order chi connectivity index (χ1) is 13.8. The number of carbonyl (C=O) groups excluding carboxylic acids is 1. The first-order valence-corrected chi connectivity index (χ1v) is 10.2. The van der Waals surface area contributed by atoms with Crippen molar-refractivity contribution in [3.63, 3.8) is 0 Å². The standard InChI is InChI=1S/C20H22N2O6S/c1-22(2)29(24,25)19-11-14(4-8-17(19)26-3)6-9-20(23)21-12-15-5-7-16-18(10-15)28-13-27-16/h4-11H,12-13H2,1-3H3,(H,21,23)/b9-6+. The van der Waals surface area contributed by atoms with E-state index in [1.165, 1.54) is 33.3 Å². The van der Waals surface area contributed by atoms with Crippen LogP contribution in [0, 0.1) is 0 Å². The number of carbonyl (C=O) groups is 1. The average Bonchev–Trinajstić information content (AvgIpc) is 3.18. The van der Waals surface area contributed by atoms with Gasteiger partial charge in [0.05, 0.1) is 7.11 Å². The highest BCUT2D eigenvalue weighted by molar-refractivity contribution is 7.89. The molecule has 29 heavy (non-hydrogen) atoms. The van der Waals surface area contributed by atoms with Gasteiger partial charge in [-0.15, -0.1) is 0 Å². The van der Waals surface area contributed by atoms with E-state index in [-0.39, 0.29) is 23.3 Å². The summed E-state index contributed by atoms with van der Waals surface area (Å²) >= 11 is 0. The highest BCUT2D eigenvalue weighted by atomic mass is 32.2. The normalized spacial score (nSPS) is 13.1. The van der Waals surface area contributed by atoms with E-state index in [0.29, 0.717) is 23.6 Å². The fourth-order valence-electron chi connectivity index (χ4n) is 2.67. The highest BCUT2D eigenvalue weighted by Gasteiger charge is 2.22. The molecule has 9 heteroatoms. The molecule has 1 aliphatic rings. The Hall–Kier alpha value is -3.04. The topological polar surface area (TPSA) is 94.2 Å². The molecule has 0 fully saturated rings. The minimum Gasteiger partial charge on any atom is -0.495 e. The van der Waals surface area contributed by atoms with Gasteiger partial charge in [0.2, 0.25) is 22.7 Å². The molecule has 154 valence electrons. The summed E-state index contributed by atoms with van der Waals surface area (Å²) < 4.78 is 41.8. The van der Waals surface area contributed by atoms with E-state index in [4.69, 9.17) is 14.2 Å². The van der Waals surface area contributed by atoms with Crippen molar-refractivity contribution in [1.29, 1.82) is 0 Å². The molecular weight excluding hydrogens is 396 g/mol. The first kappa shape index (κ1) is 20.7. The summed E-state index contributed by atoms with van der Waals surface area (Å²) in [7, 11) is 0.616. The van der Waals surface area contributed by atoms with Crippen LogP contribution >= 0.6 is 0 Å². The van der Waals surface area contributed by atoms with E-state index in [2.05, 4.69) is 5.32 Å². The lowest BCUT2D eigenvalue weighted by atomic mass is 10.2. The first-order valence-electron chi connectivity index (χ1n) is 8.76. The van der Waals surface area contributed by atoms with Crippen molar-refractivity contribution < 1.29 is 27.4 Å². The molecule has 1 aliphatic heterocycles. The number of fused-ring (bicyclic) bond motifs is 1. The van der Waals surface area contributed by atoms with Crippen LogP contribution in [-0.2, 0) is 21.4 Å². The maximum Gasteiger partial charge on any atom is 0.246 e. The van der Waals surface area contributed by atoms with E-state index < -0.39 is 10.0 Å². The number of nitrogens with one attached hydrogen (secondary N) is 1. The predicted octanol–water partition coefficient (Wildman–Crippen LogP) is 2.00. The molecule has 0 radical (unpaired) electrons. The van der Waals surface area contributed by atoms with Crippen molar-refractivity contribution in [2.24, 2.45) is 0 Å². The van der Waals surface area contributed by atoms with Gasteiger partial charge in [0.1, 0.15) is 10.6 Å². The van der Waals surface area contributed by atoms with Crippen LogP contribution in [-0.4, -0.2) is 46.6 Å². The van der Waals surface area contributed by atoms with Crippen molar-refractivity contribution in [2.75, 3.05) is 28.0 Å². The Kier molecular flexibility index (Phi) is 6.09. The van der Waals surface area contributed by atoms with Gasteiger partial charge in [-0.05, 0) is 41.5 Å². The van der Waals surface area contributed by atoms with Gasteiger partial charge >= 0.3 is 0 Å². The molecule has 0 aromatic heterocycles. The second-order valence-corrected chi connectivity index (χ2v) is 8.56. The molecule has 3 rings (SSSR count). The van der Waals surface area contributed by atoms with Crippen LogP contribution in [0.2, 0.25) is 0 Å². The van der Waals surface area contributed by atoms with Crippen molar-refractivity contribution in [3.05, 3.63) is 53.6 Å². The third-order valence-electron chi connectivity index (χ3n) is 4.28. The Morgan fingerprint density at radius 2 is 1.93 bits per heavy atom. The Morgan fingerprint density at radius 1 is 1.17 bits per heavy atom. The zero-order valence-corrected chi connectivity index (χ0v) is 17.2. The van der Waals surface area contributed by atoms with Crippen LogP contribution in [0.5, 0.6) is 17.2 Å². The molecule has 0 aliphatic carbocycles. The molecule has 2 aromatic carbocycles. The second kappa shape index (κ2) is 8.54. The number of methoxy groups -OCH3 is 1. The van der Waals surface area contributed by atoms with E-state index in [1.807, 2.05) is 12.1 Å². The van der Waals surface area contributed by atoms with Gasteiger partial charge in [0.25, 0.3) is 0 Å². The van der Waals surface area contributed by atoms with Crippen molar-refractivity contribution >= 4 is 22.0 Å². The molecule has 1 amide bonds. The van der Waals surface area contributed by atoms with Gasteiger partial charge < -0.3 is 19.5 Å². The molecule has 1 heterocycles. The van der Waals surface area contributed by atoms with E-state index in [1.54, 1.807) is 24.3 Å². The predicted molar refractivity (Wildman–Crippen MR) is 107 cm³/mol. The Bertz CT molecular complexity index is 1050. The van der Waals surface area contributed by atoms with E-state index >= 15 is 0 Å². The Morgan fingerprint density at radius 3 is 2.66 bits per heavy atom. The van der Waals surface area contributed by atoms with Crippen molar-refractivity contribution in [1.82, 2.24) is 9.62 Å². The van der Waals surface area contributed by atoms with Gasteiger partial charge in [0.15, 0.2) is 11.5 Å². The summed E-state index contributed by atoms with van der Waals surface area (Å²) in [6.07, 6.45) is 2.89. The van der Waals surface area contributed by atoms with Crippen LogP contribution in [0.3, 0.4) is 0 Å². The third kappa shape index (κ3) is 4.69. The summed E-state index contributed by atoms with van der Waals surface area (Å²) in [4.78, 5) is 12.2. The maximum absolute atomic E-state index is 12.5. The van der Waals surface area contributed by atoms with Gasteiger partial charge in [-0.3, -0.25) is 4.79 Å². The van der Waals surface area contributed by atoms with Crippen molar-refractivity contribution in [3.8, 4) is 17.2 Å². The van der Waals surface area contributed by atoms with Crippen LogP contribution < -0.4 is 19.5 Å². The lowest BCUT2D eigenvalue weighted by Crippen LogP contribution is -2.22. The quantitative estimate of drug-likeness (QED) is 0.692. The van der Waals surface area contributed by atoms with Gasteiger partial charge in [-0.2, -0.15) is 0 Å². The molecule has 0 unspecified atom stereocenters. The summed E-state index contributed by atoms with van der Waals surface area (Å²) in [5, 5.41) is 2.77. The number of hydrogen-bond donors (Lipinski definition) is 1. The number of rotatable bonds is 7. The average molecular weight is 418 g/mol. The molecular formula is C20H22N2O6S. The lowest BCUT2D eigenvalue weighted by molar-refractivity contribution is -0.116. The SMILES string of the molecule is COc1ccc(/C=C/C(=O)NCc2ccc3c(c2)OCO3)cc1S(=O)(=O)N(C)C. The Labute approximate surface area is 169 Å². The summed E-state index contributed by atoms with van der Waals surface area (Å²) in [5.74, 6) is 1.27. The molecule has 2 aromatic rings. The van der Waals surface area contributed by atoms with Crippen LogP contribution in [0.4, 0.5) is 0 Å². The molecule has 8 nitrogen and oxygen atoms in total. The Balaban J connectivity index is 1.68. The minimum atomic E-state index is -3.68.